The van der Waals surface area contributed by atoms with Crippen molar-refractivity contribution in [2.45, 2.75) is 18.9 Å². The summed E-state index contributed by atoms with van der Waals surface area (Å²) >= 11 is 3.07. The van der Waals surface area contributed by atoms with Gasteiger partial charge < -0.3 is 14.7 Å². The molecule has 0 saturated carbocycles. The molecule has 0 amide bonds. The first-order valence-electron chi connectivity index (χ1n) is 6.63. The van der Waals surface area contributed by atoms with Gasteiger partial charge in [0.2, 0.25) is 0 Å². The van der Waals surface area contributed by atoms with Crippen LogP contribution in [0, 0.1) is 15.9 Å². The number of anilines is 1. The smallest absolute Gasteiger partial charge is 0.295 e. The first kappa shape index (κ1) is 16.1. The summed E-state index contributed by atoms with van der Waals surface area (Å²) in [6, 6.07) is 2.39. The summed E-state index contributed by atoms with van der Waals surface area (Å²) in [5.41, 5.74) is 0.180. The number of benzene rings is 1. The summed E-state index contributed by atoms with van der Waals surface area (Å²) in [5.74, 6) is -0.647. The standard InChI is InChI=1S/C13H16BrFN2O4/c14-10-7-12(13(17(19)20)8-11(10)15)16-3-1-9(2-4-16)21-6-5-18/h7-9,18H,1-6H2. The average molecular weight is 363 g/mol. The highest BCUT2D eigenvalue weighted by molar-refractivity contribution is 9.10. The normalized spacial score (nSPS) is 16.2. The lowest BCUT2D eigenvalue weighted by atomic mass is 10.1. The molecule has 0 bridgehead atoms. The first-order valence-corrected chi connectivity index (χ1v) is 7.43. The van der Waals surface area contributed by atoms with Crippen molar-refractivity contribution in [1.82, 2.24) is 0 Å². The van der Waals surface area contributed by atoms with Crippen molar-refractivity contribution >= 4 is 27.3 Å². The Morgan fingerprint density at radius 3 is 2.71 bits per heavy atom. The number of hydrogen-bond acceptors (Lipinski definition) is 5. The van der Waals surface area contributed by atoms with Crippen LogP contribution >= 0.6 is 15.9 Å². The molecule has 2 rings (SSSR count). The third-order valence-electron chi connectivity index (χ3n) is 3.44. The van der Waals surface area contributed by atoms with E-state index in [2.05, 4.69) is 15.9 Å². The number of hydrogen-bond donors (Lipinski definition) is 1. The van der Waals surface area contributed by atoms with Crippen LogP contribution in [-0.4, -0.2) is 42.4 Å². The van der Waals surface area contributed by atoms with Gasteiger partial charge in [0.15, 0.2) is 0 Å². The Morgan fingerprint density at radius 1 is 1.48 bits per heavy atom. The topological polar surface area (TPSA) is 75.8 Å². The van der Waals surface area contributed by atoms with Crippen molar-refractivity contribution < 1.29 is 19.2 Å². The number of aliphatic hydroxyl groups is 1. The number of rotatable bonds is 5. The van der Waals surface area contributed by atoms with E-state index in [9.17, 15) is 14.5 Å². The summed E-state index contributed by atoms with van der Waals surface area (Å²) in [4.78, 5) is 12.4. The molecule has 116 valence electrons. The van der Waals surface area contributed by atoms with Gasteiger partial charge in [0.1, 0.15) is 11.5 Å². The molecular formula is C13H16BrFN2O4. The number of halogens is 2. The van der Waals surface area contributed by atoms with Crippen molar-refractivity contribution in [1.29, 1.82) is 0 Å². The molecule has 0 unspecified atom stereocenters. The molecule has 1 fully saturated rings. The molecule has 1 aromatic carbocycles. The van der Waals surface area contributed by atoms with E-state index in [1.54, 1.807) is 0 Å². The van der Waals surface area contributed by atoms with Gasteiger partial charge in [-0.1, -0.05) is 0 Å². The zero-order valence-electron chi connectivity index (χ0n) is 11.3. The summed E-state index contributed by atoms with van der Waals surface area (Å²) in [6.07, 6.45) is 1.48. The molecule has 1 aliphatic heterocycles. The number of ether oxygens (including phenoxy) is 1. The molecule has 1 aromatic rings. The number of piperidine rings is 1. The first-order chi connectivity index (χ1) is 10.0. The molecule has 21 heavy (non-hydrogen) atoms. The Balaban J connectivity index is 2.12. The Hall–Kier alpha value is -1.25. The molecule has 0 aromatic heterocycles. The summed E-state index contributed by atoms with van der Waals surface area (Å²) in [6.45, 7) is 1.47. The molecule has 1 heterocycles. The Kier molecular flexibility index (Phi) is 5.49. The molecule has 1 N–H and O–H groups in total. The fourth-order valence-electron chi connectivity index (χ4n) is 2.41. The maximum Gasteiger partial charge on any atom is 0.295 e. The maximum atomic E-state index is 13.5. The van der Waals surface area contributed by atoms with E-state index in [0.717, 1.165) is 6.07 Å². The van der Waals surface area contributed by atoms with Gasteiger partial charge in [-0.25, -0.2) is 4.39 Å². The van der Waals surface area contributed by atoms with Crippen LogP contribution in [0.25, 0.3) is 0 Å². The second kappa shape index (κ2) is 7.15. The minimum atomic E-state index is -0.647. The zero-order valence-corrected chi connectivity index (χ0v) is 12.9. The van der Waals surface area contributed by atoms with Crippen molar-refractivity contribution in [2.24, 2.45) is 0 Å². The van der Waals surface area contributed by atoms with Gasteiger partial charge in [-0.2, -0.15) is 0 Å². The quantitative estimate of drug-likeness (QED) is 0.643. The lowest BCUT2D eigenvalue weighted by Gasteiger charge is -2.33. The van der Waals surface area contributed by atoms with Crippen LogP contribution in [0.4, 0.5) is 15.8 Å². The van der Waals surface area contributed by atoms with E-state index < -0.39 is 10.7 Å². The molecular weight excluding hydrogens is 347 g/mol. The Labute approximate surface area is 129 Å². The van der Waals surface area contributed by atoms with Gasteiger partial charge in [0.25, 0.3) is 5.69 Å². The predicted octanol–water partition coefficient (Wildman–Crippen LogP) is 2.47. The van der Waals surface area contributed by atoms with Gasteiger partial charge in [-0.3, -0.25) is 10.1 Å². The average Bonchev–Trinajstić information content (AvgIpc) is 2.48. The molecule has 1 saturated heterocycles. The van der Waals surface area contributed by atoms with Crippen LogP contribution in [-0.2, 0) is 4.74 Å². The van der Waals surface area contributed by atoms with E-state index >= 15 is 0 Å². The monoisotopic (exact) mass is 362 g/mol. The number of nitro groups is 1. The fraction of sp³-hybridized carbons (Fsp3) is 0.538. The molecule has 0 atom stereocenters. The van der Waals surface area contributed by atoms with E-state index in [0.29, 0.717) is 38.2 Å². The Bertz CT molecular complexity index is 521. The lowest BCUT2D eigenvalue weighted by Crippen LogP contribution is -2.37. The van der Waals surface area contributed by atoms with E-state index in [1.807, 2.05) is 4.90 Å². The molecule has 0 aliphatic carbocycles. The summed E-state index contributed by atoms with van der Waals surface area (Å²) in [7, 11) is 0. The lowest BCUT2D eigenvalue weighted by molar-refractivity contribution is -0.384. The molecule has 1 aliphatic rings. The van der Waals surface area contributed by atoms with Gasteiger partial charge in [-0.15, -0.1) is 0 Å². The largest absolute Gasteiger partial charge is 0.394 e. The van der Waals surface area contributed by atoms with Crippen molar-refractivity contribution in [3.8, 4) is 0 Å². The predicted molar refractivity (Wildman–Crippen MR) is 79.0 cm³/mol. The maximum absolute atomic E-state index is 13.5. The van der Waals surface area contributed by atoms with Crippen molar-refractivity contribution in [2.75, 3.05) is 31.2 Å². The highest BCUT2D eigenvalue weighted by Gasteiger charge is 2.26. The minimum Gasteiger partial charge on any atom is -0.394 e. The van der Waals surface area contributed by atoms with Crippen LogP contribution in [0.15, 0.2) is 16.6 Å². The van der Waals surface area contributed by atoms with Gasteiger partial charge in [0.05, 0.1) is 34.8 Å². The molecule has 6 nitrogen and oxygen atoms in total. The molecule has 0 radical (unpaired) electrons. The minimum absolute atomic E-state index is 0.0173. The van der Waals surface area contributed by atoms with Crippen LogP contribution in [0.1, 0.15) is 12.8 Å². The van der Waals surface area contributed by atoms with E-state index in [-0.39, 0.29) is 22.9 Å². The summed E-state index contributed by atoms with van der Waals surface area (Å²) in [5, 5.41) is 19.8. The fourth-order valence-corrected chi connectivity index (χ4v) is 2.74. The van der Waals surface area contributed by atoms with Crippen molar-refractivity contribution in [3.63, 3.8) is 0 Å². The molecule has 0 spiro atoms. The second-order valence-electron chi connectivity index (χ2n) is 4.79. The van der Waals surface area contributed by atoms with Crippen LogP contribution in [0.3, 0.4) is 0 Å². The highest BCUT2D eigenvalue weighted by atomic mass is 79.9. The zero-order chi connectivity index (χ0) is 15.4. The highest BCUT2D eigenvalue weighted by Crippen LogP contribution is 2.35. The molecule has 8 heteroatoms. The number of nitro benzene ring substituents is 1. The SMILES string of the molecule is O=[N+]([O-])c1cc(F)c(Br)cc1N1CCC(OCCO)CC1. The Morgan fingerprint density at radius 2 is 2.14 bits per heavy atom. The van der Waals surface area contributed by atoms with Gasteiger partial charge >= 0.3 is 0 Å². The van der Waals surface area contributed by atoms with E-state index in [1.165, 1.54) is 6.07 Å². The van der Waals surface area contributed by atoms with Gasteiger partial charge in [0, 0.05) is 13.1 Å². The van der Waals surface area contributed by atoms with Gasteiger partial charge in [-0.05, 0) is 34.8 Å². The van der Waals surface area contributed by atoms with E-state index in [4.69, 9.17) is 9.84 Å². The number of aliphatic hydroxyl groups excluding tert-OH is 1. The van der Waals surface area contributed by atoms with Crippen LogP contribution < -0.4 is 4.90 Å². The van der Waals surface area contributed by atoms with Crippen molar-refractivity contribution in [3.05, 3.63) is 32.5 Å². The van der Waals surface area contributed by atoms with Crippen LogP contribution in [0.5, 0.6) is 0 Å². The second-order valence-corrected chi connectivity index (χ2v) is 5.65. The third kappa shape index (κ3) is 3.90. The van der Waals surface area contributed by atoms with Crippen LogP contribution in [0.2, 0.25) is 0 Å². The number of nitrogens with zero attached hydrogens (tertiary/aromatic N) is 2. The third-order valence-corrected chi connectivity index (χ3v) is 4.05. The summed E-state index contributed by atoms with van der Waals surface area (Å²) < 4.78 is 19.1.